The molecule has 1 aromatic carbocycles. The van der Waals surface area contributed by atoms with Crippen molar-refractivity contribution in [3.63, 3.8) is 0 Å². The van der Waals surface area contributed by atoms with E-state index in [1.807, 2.05) is 0 Å². The van der Waals surface area contributed by atoms with Gasteiger partial charge in [0, 0.05) is 11.4 Å². The average Bonchev–Trinajstić information content (AvgIpc) is 2.25. The molecule has 0 radical (unpaired) electrons. The molecule has 1 aromatic heterocycles. The van der Waals surface area contributed by atoms with Gasteiger partial charge in [-0.15, -0.1) is 0 Å². The summed E-state index contributed by atoms with van der Waals surface area (Å²) in [4.78, 5) is 7.27. The standard InChI is InChI=1S/C12H13FN4O2S/c1-7-6-8(2)16-12(15-7)17-20(18,19)11-9(13)4-3-5-10(11)14/h3-6H,14H2,1-2H3,(H,15,16,17). The lowest BCUT2D eigenvalue weighted by Crippen LogP contribution is -2.18. The fourth-order valence-corrected chi connectivity index (χ4v) is 2.89. The van der Waals surface area contributed by atoms with Gasteiger partial charge in [-0.2, -0.15) is 0 Å². The molecule has 2 aromatic rings. The molecule has 0 unspecified atom stereocenters. The highest BCUT2D eigenvalue weighted by Crippen LogP contribution is 2.23. The second-order valence-electron chi connectivity index (χ2n) is 4.24. The Morgan fingerprint density at radius 3 is 2.35 bits per heavy atom. The quantitative estimate of drug-likeness (QED) is 0.839. The first-order valence-electron chi connectivity index (χ1n) is 5.69. The fourth-order valence-electron chi connectivity index (χ4n) is 1.75. The summed E-state index contributed by atoms with van der Waals surface area (Å²) in [5, 5.41) is 0. The number of aromatic nitrogens is 2. The molecule has 8 heteroatoms. The number of nitrogens with one attached hydrogen (secondary N) is 1. The van der Waals surface area contributed by atoms with Crippen LogP contribution in [0.2, 0.25) is 0 Å². The summed E-state index contributed by atoms with van der Waals surface area (Å²) in [6.07, 6.45) is 0. The number of nitrogen functional groups attached to an aromatic ring is 1. The monoisotopic (exact) mass is 296 g/mol. The Hall–Kier alpha value is -2.22. The van der Waals surface area contributed by atoms with Crippen LogP contribution in [0.4, 0.5) is 16.0 Å². The first-order valence-corrected chi connectivity index (χ1v) is 7.17. The van der Waals surface area contributed by atoms with Crippen molar-refractivity contribution in [3.8, 4) is 0 Å². The third-order valence-corrected chi connectivity index (χ3v) is 3.89. The molecular formula is C12H13FN4O2S. The molecule has 0 aliphatic rings. The molecule has 20 heavy (non-hydrogen) atoms. The van der Waals surface area contributed by atoms with Gasteiger partial charge in [0.05, 0.1) is 5.69 Å². The predicted octanol–water partition coefficient (Wildman–Crippen LogP) is 1.62. The van der Waals surface area contributed by atoms with Gasteiger partial charge < -0.3 is 5.73 Å². The Kier molecular flexibility index (Phi) is 3.58. The van der Waals surface area contributed by atoms with Gasteiger partial charge in [-0.1, -0.05) is 6.07 Å². The number of halogens is 1. The van der Waals surface area contributed by atoms with Gasteiger partial charge in [0.15, 0.2) is 0 Å². The number of nitrogens with two attached hydrogens (primary N) is 1. The molecule has 1 heterocycles. The Morgan fingerprint density at radius 1 is 1.20 bits per heavy atom. The molecule has 0 saturated heterocycles. The molecule has 0 atom stereocenters. The van der Waals surface area contributed by atoms with E-state index in [4.69, 9.17) is 5.73 Å². The van der Waals surface area contributed by atoms with E-state index in [0.29, 0.717) is 11.4 Å². The maximum Gasteiger partial charge on any atom is 0.269 e. The molecule has 106 valence electrons. The lowest BCUT2D eigenvalue weighted by atomic mass is 10.3. The van der Waals surface area contributed by atoms with E-state index >= 15 is 0 Å². The Labute approximate surface area is 115 Å². The van der Waals surface area contributed by atoms with E-state index in [0.717, 1.165) is 6.07 Å². The van der Waals surface area contributed by atoms with Gasteiger partial charge in [-0.05, 0) is 32.0 Å². The topological polar surface area (TPSA) is 98.0 Å². The smallest absolute Gasteiger partial charge is 0.269 e. The van der Waals surface area contributed by atoms with Crippen molar-refractivity contribution in [2.24, 2.45) is 0 Å². The number of sulfonamides is 1. The van der Waals surface area contributed by atoms with Crippen LogP contribution in [-0.4, -0.2) is 18.4 Å². The van der Waals surface area contributed by atoms with Crippen LogP contribution in [0.1, 0.15) is 11.4 Å². The lowest BCUT2D eigenvalue weighted by molar-refractivity contribution is 0.571. The van der Waals surface area contributed by atoms with Crippen molar-refractivity contribution in [2.75, 3.05) is 10.5 Å². The fraction of sp³-hybridized carbons (Fsp3) is 0.167. The zero-order valence-corrected chi connectivity index (χ0v) is 11.7. The first kappa shape index (κ1) is 14.2. The average molecular weight is 296 g/mol. The molecule has 0 aliphatic heterocycles. The van der Waals surface area contributed by atoms with Crippen molar-refractivity contribution < 1.29 is 12.8 Å². The molecule has 0 saturated carbocycles. The summed E-state index contributed by atoms with van der Waals surface area (Å²) in [7, 11) is -4.18. The number of hydrogen-bond acceptors (Lipinski definition) is 5. The second kappa shape index (κ2) is 5.04. The van der Waals surface area contributed by atoms with E-state index in [9.17, 15) is 12.8 Å². The summed E-state index contributed by atoms with van der Waals surface area (Å²) in [6.45, 7) is 3.40. The third kappa shape index (κ3) is 2.85. The predicted molar refractivity (Wildman–Crippen MR) is 73.1 cm³/mol. The zero-order valence-electron chi connectivity index (χ0n) is 10.9. The molecular weight excluding hydrogens is 283 g/mol. The van der Waals surface area contributed by atoms with Gasteiger partial charge in [-0.25, -0.2) is 27.5 Å². The van der Waals surface area contributed by atoms with Crippen molar-refractivity contribution in [1.82, 2.24) is 9.97 Å². The van der Waals surface area contributed by atoms with Crippen LogP contribution in [0, 0.1) is 19.7 Å². The number of hydrogen-bond donors (Lipinski definition) is 2. The molecule has 6 nitrogen and oxygen atoms in total. The summed E-state index contributed by atoms with van der Waals surface area (Å²) < 4.78 is 40.1. The molecule has 0 aliphatic carbocycles. The Bertz CT molecular complexity index is 722. The maximum absolute atomic E-state index is 13.7. The molecule has 0 amide bonds. The normalized spacial score (nSPS) is 11.3. The van der Waals surface area contributed by atoms with E-state index in [2.05, 4.69) is 14.7 Å². The highest BCUT2D eigenvalue weighted by Gasteiger charge is 2.23. The summed E-state index contributed by atoms with van der Waals surface area (Å²) in [5.74, 6) is -1.05. The van der Waals surface area contributed by atoms with Gasteiger partial charge in [0.2, 0.25) is 5.95 Å². The van der Waals surface area contributed by atoms with E-state index in [1.54, 1.807) is 19.9 Å². The highest BCUT2D eigenvalue weighted by atomic mass is 32.2. The van der Waals surface area contributed by atoms with Crippen molar-refractivity contribution >= 4 is 21.7 Å². The van der Waals surface area contributed by atoms with Gasteiger partial charge in [0.1, 0.15) is 10.7 Å². The van der Waals surface area contributed by atoms with Crippen LogP contribution in [0.25, 0.3) is 0 Å². The van der Waals surface area contributed by atoms with Crippen molar-refractivity contribution in [2.45, 2.75) is 18.7 Å². The zero-order chi connectivity index (χ0) is 14.9. The lowest BCUT2D eigenvalue weighted by Gasteiger charge is -2.10. The van der Waals surface area contributed by atoms with E-state index in [-0.39, 0.29) is 11.6 Å². The number of rotatable bonds is 3. The van der Waals surface area contributed by atoms with Gasteiger partial charge >= 0.3 is 0 Å². The van der Waals surface area contributed by atoms with E-state index in [1.165, 1.54) is 12.1 Å². The van der Waals surface area contributed by atoms with E-state index < -0.39 is 20.7 Å². The van der Waals surface area contributed by atoms with Crippen LogP contribution >= 0.6 is 0 Å². The van der Waals surface area contributed by atoms with Crippen LogP contribution in [-0.2, 0) is 10.0 Å². The third-order valence-electron chi connectivity index (χ3n) is 2.47. The summed E-state index contributed by atoms with van der Waals surface area (Å²) in [6, 6.07) is 5.35. The minimum Gasteiger partial charge on any atom is -0.398 e. The number of aryl methyl sites for hydroxylation is 2. The van der Waals surface area contributed by atoms with Crippen LogP contribution < -0.4 is 10.5 Å². The van der Waals surface area contributed by atoms with Gasteiger partial charge in [-0.3, -0.25) is 0 Å². The number of benzene rings is 1. The Balaban J connectivity index is 2.46. The van der Waals surface area contributed by atoms with Crippen LogP contribution in [0.3, 0.4) is 0 Å². The SMILES string of the molecule is Cc1cc(C)nc(NS(=O)(=O)c2c(N)cccc2F)n1. The van der Waals surface area contributed by atoms with Crippen molar-refractivity contribution in [1.29, 1.82) is 0 Å². The minimum absolute atomic E-state index is 0.120. The first-order chi connectivity index (χ1) is 9.29. The summed E-state index contributed by atoms with van der Waals surface area (Å²) >= 11 is 0. The molecule has 0 fully saturated rings. The summed E-state index contributed by atoms with van der Waals surface area (Å²) in [5.41, 5.74) is 6.53. The van der Waals surface area contributed by atoms with Crippen molar-refractivity contribution in [3.05, 3.63) is 41.5 Å². The number of anilines is 2. The van der Waals surface area contributed by atoms with Crippen LogP contribution in [0.15, 0.2) is 29.2 Å². The number of nitrogens with zero attached hydrogens (tertiary/aromatic N) is 2. The molecule has 2 rings (SSSR count). The maximum atomic E-state index is 13.7. The van der Waals surface area contributed by atoms with Crippen LogP contribution in [0.5, 0.6) is 0 Å². The largest absolute Gasteiger partial charge is 0.398 e. The molecule has 3 N–H and O–H groups in total. The highest BCUT2D eigenvalue weighted by molar-refractivity contribution is 7.92. The second-order valence-corrected chi connectivity index (χ2v) is 5.86. The molecule has 0 spiro atoms. The Morgan fingerprint density at radius 2 is 1.80 bits per heavy atom. The molecule has 0 bridgehead atoms. The van der Waals surface area contributed by atoms with Gasteiger partial charge in [0.25, 0.3) is 10.0 Å². The minimum atomic E-state index is -4.18.